The van der Waals surface area contributed by atoms with Crippen molar-refractivity contribution in [1.82, 2.24) is 4.90 Å². The van der Waals surface area contributed by atoms with Gasteiger partial charge in [0.05, 0.1) is 23.8 Å². The maximum atomic E-state index is 14.7. The molecule has 3 amide bonds. The first-order valence-electron chi connectivity index (χ1n) is 10.6. The normalized spacial score (nSPS) is 17.7. The summed E-state index contributed by atoms with van der Waals surface area (Å²) in [7, 11) is 0. The molecule has 33 heavy (non-hydrogen) atoms. The highest BCUT2D eigenvalue weighted by atomic mass is 32.2. The van der Waals surface area contributed by atoms with Crippen molar-refractivity contribution in [2.45, 2.75) is 13.8 Å². The van der Waals surface area contributed by atoms with Crippen LogP contribution in [0.5, 0.6) is 0 Å². The van der Waals surface area contributed by atoms with Crippen molar-refractivity contribution in [1.29, 1.82) is 0 Å². The maximum Gasteiger partial charge on any atom is 0.294 e. The van der Waals surface area contributed by atoms with E-state index < -0.39 is 22.9 Å². The van der Waals surface area contributed by atoms with Gasteiger partial charge in [-0.1, -0.05) is 24.3 Å². The fourth-order valence-corrected chi connectivity index (χ4v) is 4.63. The lowest BCUT2D eigenvalue weighted by Crippen LogP contribution is -2.36. The summed E-state index contributed by atoms with van der Waals surface area (Å²) in [5.74, 6) is -1.44. The first-order valence-corrected chi connectivity index (χ1v) is 11.4. The Labute approximate surface area is 195 Å². The molecular weight excluding hydrogens is 445 g/mol. The van der Waals surface area contributed by atoms with Crippen LogP contribution in [0, 0.1) is 19.7 Å². The predicted molar refractivity (Wildman–Crippen MR) is 127 cm³/mol. The van der Waals surface area contributed by atoms with Crippen LogP contribution in [-0.4, -0.2) is 54.8 Å². The standard InChI is InChI=1S/C24H24FN3O4S/c1-15-4-3-5-16(2)22(15)26-21(29)14-28-23(30)20(33-24(28)31)13-17-6-7-19(18(25)12-17)27-8-10-32-11-9-27/h3-7,12-13H,8-11,14H2,1-2H3,(H,26,29)/b20-13-. The molecule has 4 rings (SSSR count). The van der Waals surface area contributed by atoms with Gasteiger partial charge in [-0.3, -0.25) is 19.3 Å². The highest BCUT2D eigenvalue weighted by Gasteiger charge is 2.36. The zero-order valence-corrected chi connectivity index (χ0v) is 19.2. The first-order chi connectivity index (χ1) is 15.8. The van der Waals surface area contributed by atoms with Gasteiger partial charge in [0, 0.05) is 18.8 Å². The van der Waals surface area contributed by atoms with Gasteiger partial charge in [0.25, 0.3) is 11.1 Å². The van der Waals surface area contributed by atoms with Gasteiger partial charge < -0.3 is 15.0 Å². The summed E-state index contributed by atoms with van der Waals surface area (Å²) in [5.41, 5.74) is 3.39. The van der Waals surface area contributed by atoms with E-state index in [1.165, 1.54) is 12.1 Å². The van der Waals surface area contributed by atoms with E-state index in [1.807, 2.05) is 36.9 Å². The Morgan fingerprint density at radius 1 is 1.15 bits per heavy atom. The van der Waals surface area contributed by atoms with Gasteiger partial charge in [-0.05, 0) is 60.5 Å². The zero-order chi connectivity index (χ0) is 23.5. The van der Waals surface area contributed by atoms with Gasteiger partial charge in [-0.2, -0.15) is 0 Å². The van der Waals surface area contributed by atoms with Crippen LogP contribution in [0.1, 0.15) is 16.7 Å². The summed E-state index contributed by atoms with van der Waals surface area (Å²) >= 11 is 0.738. The monoisotopic (exact) mass is 469 g/mol. The summed E-state index contributed by atoms with van der Waals surface area (Å²) in [6, 6.07) is 10.3. The number of amides is 3. The number of hydrogen-bond acceptors (Lipinski definition) is 6. The highest BCUT2D eigenvalue weighted by Crippen LogP contribution is 2.33. The molecule has 1 N–H and O–H groups in total. The molecule has 2 aromatic rings. The van der Waals surface area contributed by atoms with E-state index in [1.54, 1.807) is 12.1 Å². The largest absolute Gasteiger partial charge is 0.378 e. The molecule has 0 spiro atoms. The Balaban J connectivity index is 1.45. The minimum atomic E-state index is -0.570. The van der Waals surface area contributed by atoms with Crippen molar-refractivity contribution in [3.63, 3.8) is 0 Å². The number of halogens is 1. The van der Waals surface area contributed by atoms with Crippen molar-refractivity contribution >= 4 is 46.3 Å². The van der Waals surface area contributed by atoms with E-state index in [-0.39, 0.29) is 11.4 Å². The van der Waals surface area contributed by atoms with Crippen LogP contribution < -0.4 is 10.2 Å². The fourth-order valence-electron chi connectivity index (χ4n) is 3.80. The molecule has 2 heterocycles. The third-order valence-corrected chi connectivity index (χ3v) is 6.45. The van der Waals surface area contributed by atoms with Gasteiger partial charge in [0.2, 0.25) is 5.91 Å². The number of hydrogen-bond donors (Lipinski definition) is 1. The number of nitrogens with one attached hydrogen (secondary N) is 1. The molecule has 0 atom stereocenters. The smallest absolute Gasteiger partial charge is 0.294 e. The Morgan fingerprint density at radius 2 is 1.85 bits per heavy atom. The summed E-state index contributed by atoms with van der Waals surface area (Å²) in [5, 5.41) is 2.24. The molecule has 2 aromatic carbocycles. The van der Waals surface area contributed by atoms with Crippen LogP contribution >= 0.6 is 11.8 Å². The number of morpholine rings is 1. The molecule has 0 aliphatic carbocycles. The SMILES string of the molecule is Cc1cccc(C)c1NC(=O)CN1C(=O)S/C(=C\c2ccc(N3CCOCC3)c(F)c2)C1=O. The molecule has 9 heteroatoms. The van der Waals surface area contributed by atoms with Gasteiger partial charge in [-0.25, -0.2) is 4.39 Å². The van der Waals surface area contributed by atoms with E-state index in [0.29, 0.717) is 43.2 Å². The zero-order valence-electron chi connectivity index (χ0n) is 18.4. The van der Waals surface area contributed by atoms with Crippen molar-refractivity contribution in [3.05, 3.63) is 63.8 Å². The number of para-hydroxylation sites is 1. The second kappa shape index (κ2) is 9.76. The molecule has 172 valence electrons. The van der Waals surface area contributed by atoms with Crippen molar-refractivity contribution in [2.75, 3.05) is 43.1 Å². The molecule has 0 radical (unpaired) electrons. The average Bonchev–Trinajstić information content (AvgIpc) is 3.04. The number of rotatable bonds is 5. The Kier molecular flexibility index (Phi) is 6.80. The topological polar surface area (TPSA) is 79.0 Å². The number of imide groups is 1. The fraction of sp³-hybridized carbons (Fsp3) is 0.292. The highest BCUT2D eigenvalue weighted by molar-refractivity contribution is 8.18. The molecule has 2 fully saturated rings. The predicted octanol–water partition coefficient (Wildman–Crippen LogP) is 3.95. The third-order valence-electron chi connectivity index (χ3n) is 5.54. The van der Waals surface area contributed by atoms with Gasteiger partial charge in [0.1, 0.15) is 12.4 Å². The number of carbonyl (C=O) groups is 3. The molecule has 0 bridgehead atoms. The van der Waals surface area contributed by atoms with E-state index in [2.05, 4.69) is 5.32 Å². The van der Waals surface area contributed by atoms with Crippen LogP contribution in [0.4, 0.5) is 20.6 Å². The second-order valence-corrected chi connectivity index (χ2v) is 8.89. The number of carbonyl (C=O) groups excluding carboxylic acids is 3. The lowest BCUT2D eigenvalue weighted by molar-refractivity contribution is -0.127. The molecule has 0 aromatic heterocycles. The number of nitrogens with zero attached hydrogens (tertiary/aromatic N) is 2. The minimum Gasteiger partial charge on any atom is -0.378 e. The number of ether oxygens (including phenoxy) is 1. The van der Waals surface area contributed by atoms with Gasteiger partial charge in [-0.15, -0.1) is 0 Å². The van der Waals surface area contributed by atoms with Crippen molar-refractivity contribution in [2.24, 2.45) is 0 Å². The second-order valence-electron chi connectivity index (χ2n) is 7.89. The Hall–Kier alpha value is -3.17. The van der Waals surface area contributed by atoms with E-state index in [4.69, 9.17) is 4.74 Å². The van der Waals surface area contributed by atoms with Crippen molar-refractivity contribution in [3.8, 4) is 0 Å². The van der Waals surface area contributed by atoms with Gasteiger partial charge >= 0.3 is 0 Å². The lowest BCUT2D eigenvalue weighted by Gasteiger charge is -2.29. The summed E-state index contributed by atoms with van der Waals surface area (Å²) in [4.78, 5) is 40.6. The summed E-state index contributed by atoms with van der Waals surface area (Å²) < 4.78 is 20.0. The van der Waals surface area contributed by atoms with E-state index in [0.717, 1.165) is 27.8 Å². The molecule has 2 aliphatic heterocycles. The summed E-state index contributed by atoms with van der Waals surface area (Å²) in [6.45, 7) is 5.67. The van der Waals surface area contributed by atoms with E-state index in [9.17, 15) is 18.8 Å². The maximum absolute atomic E-state index is 14.7. The quantitative estimate of drug-likeness (QED) is 0.668. The first kappa shape index (κ1) is 23.0. The van der Waals surface area contributed by atoms with E-state index >= 15 is 0 Å². The number of benzene rings is 2. The Bertz CT molecular complexity index is 1120. The minimum absolute atomic E-state index is 0.151. The molecule has 0 saturated carbocycles. The van der Waals surface area contributed by atoms with Crippen LogP contribution in [0.15, 0.2) is 41.3 Å². The lowest BCUT2D eigenvalue weighted by atomic mass is 10.1. The van der Waals surface area contributed by atoms with Gasteiger partial charge in [0.15, 0.2) is 0 Å². The van der Waals surface area contributed by atoms with Crippen LogP contribution in [0.2, 0.25) is 0 Å². The number of anilines is 2. The molecule has 7 nitrogen and oxygen atoms in total. The molecule has 0 unspecified atom stereocenters. The number of aryl methyl sites for hydroxylation is 2. The third kappa shape index (κ3) is 5.09. The summed E-state index contributed by atoms with van der Waals surface area (Å²) in [6.07, 6.45) is 1.47. The van der Waals surface area contributed by atoms with Crippen LogP contribution in [0.25, 0.3) is 6.08 Å². The van der Waals surface area contributed by atoms with Crippen LogP contribution in [-0.2, 0) is 14.3 Å². The Morgan fingerprint density at radius 3 is 2.52 bits per heavy atom. The molecule has 2 saturated heterocycles. The molecule has 2 aliphatic rings. The number of thioether (sulfide) groups is 1. The average molecular weight is 470 g/mol. The van der Waals surface area contributed by atoms with Crippen LogP contribution in [0.3, 0.4) is 0 Å². The van der Waals surface area contributed by atoms with Crippen molar-refractivity contribution < 1.29 is 23.5 Å². The molecular formula is C24H24FN3O4S.